The van der Waals surface area contributed by atoms with Gasteiger partial charge < -0.3 is 16.2 Å². The first kappa shape index (κ1) is 11.9. The molecular formula is C8H15N2O3. The van der Waals surface area contributed by atoms with Crippen LogP contribution in [0.2, 0.25) is 0 Å². The van der Waals surface area contributed by atoms with E-state index in [-0.39, 0.29) is 31.4 Å². The van der Waals surface area contributed by atoms with Gasteiger partial charge in [-0.05, 0) is 5.92 Å². The van der Waals surface area contributed by atoms with Gasteiger partial charge in [-0.15, -0.1) is 0 Å². The molecule has 0 saturated carbocycles. The lowest BCUT2D eigenvalue weighted by Crippen LogP contribution is -2.29. The van der Waals surface area contributed by atoms with Gasteiger partial charge in [0.05, 0.1) is 13.0 Å². The Balaban J connectivity index is 3.59. The molecule has 0 unspecified atom stereocenters. The smallest absolute Gasteiger partial charge is 0.224 e. The van der Waals surface area contributed by atoms with E-state index in [2.05, 4.69) is 5.32 Å². The number of aliphatic hydroxyl groups is 1. The maximum atomic E-state index is 11.0. The molecule has 0 aromatic rings. The van der Waals surface area contributed by atoms with E-state index < -0.39 is 5.91 Å². The summed E-state index contributed by atoms with van der Waals surface area (Å²) in [5, 5.41) is 10.8. The van der Waals surface area contributed by atoms with Gasteiger partial charge in [-0.2, -0.15) is 0 Å². The summed E-state index contributed by atoms with van der Waals surface area (Å²) in [7, 11) is 0. The molecule has 75 valence electrons. The molecule has 0 bridgehead atoms. The third kappa shape index (κ3) is 7.27. The fraction of sp³-hybridized carbons (Fsp3) is 0.625. The van der Waals surface area contributed by atoms with Crippen LogP contribution in [0.5, 0.6) is 0 Å². The standard InChI is InChI=1S/C8H15N2O3/c1-6(4-7(9)12)5-8(13)10-2-3-11/h5-6,11H,2-4H2,1H3,(H2,9,12)(H,10,13)/t6-/m1/s1. The highest BCUT2D eigenvalue weighted by molar-refractivity contribution is 5.86. The number of nitrogens with one attached hydrogen (secondary N) is 1. The number of amides is 2. The average molecular weight is 187 g/mol. The quantitative estimate of drug-likeness (QED) is 0.488. The molecule has 0 spiro atoms. The molecule has 1 atom stereocenters. The van der Waals surface area contributed by atoms with Gasteiger partial charge in [0.2, 0.25) is 11.8 Å². The van der Waals surface area contributed by atoms with Gasteiger partial charge in [-0.1, -0.05) is 6.92 Å². The summed E-state index contributed by atoms with van der Waals surface area (Å²) < 4.78 is 0. The molecule has 1 radical (unpaired) electrons. The highest BCUT2D eigenvalue weighted by atomic mass is 16.3. The molecule has 4 N–H and O–H groups in total. The number of primary amides is 1. The fourth-order valence-corrected chi connectivity index (χ4v) is 0.873. The number of carbonyl (C=O) groups is 2. The molecule has 0 aliphatic carbocycles. The van der Waals surface area contributed by atoms with Crippen LogP contribution in [0.3, 0.4) is 0 Å². The third-order valence-corrected chi connectivity index (χ3v) is 1.37. The zero-order chi connectivity index (χ0) is 10.3. The summed E-state index contributed by atoms with van der Waals surface area (Å²) in [6, 6.07) is 0. The van der Waals surface area contributed by atoms with Crippen LogP contribution in [-0.4, -0.2) is 30.1 Å². The van der Waals surface area contributed by atoms with E-state index >= 15 is 0 Å². The predicted molar refractivity (Wildman–Crippen MR) is 47.4 cm³/mol. The van der Waals surface area contributed by atoms with Crippen LogP contribution in [0.4, 0.5) is 0 Å². The second kappa shape index (κ2) is 6.42. The number of hydrogen-bond donors (Lipinski definition) is 3. The SMILES string of the molecule is C[C@@H]([CH]C(=O)NCCO)CC(N)=O. The van der Waals surface area contributed by atoms with Crippen molar-refractivity contribution in [3.63, 3.8) is 0 Å². The van der Waals surface area contributed by atoms with Gasteiger partial charge in [0, 0.05) is 13.0 Å². The van der Waals surface area contributed by atoms with Crippen molar-refractivity contribution in [1.82, 2.24) is 5.32 Å². The summed E-state index contributed by atoms with van der Waals surface area (Å²) >= 11 is 0. The first-order chi connectivity index (χ1) is 6.06. The topological polar surface area (TPSA) is 92.4 Å². The van der Waals surface area contributed by atoms with Gasteiger partial charge in [0.25, 0.3) is 0 Å². The van der Waals surface area contributed by atoms with Gasteiger partial charge in [-0.3, -0.25) is 9.59 Å². The minimum atomic E-state index is -0.432. The highest BCUT2D eigenvalue weighted by Gasteiger charge is 2.11. The molecule has 0 heterocycles. The summed E-state index contributed by atoms with van der Waals surface area (Å²) in [4.78, 5) is 21.4. The van der Waals surface area contributed by atoms with Crippen molar-refractivity contribution < 1.29 is 14.7 Å². The van der Waals surface area contributed by atoms with Gasteiger partial charge >= 0.3 is 0 Å². The fourth-order valence-electron chi connectivity index (χ4n) is 0.873. The summed E-state index contributed by atoms with van der Waals surface area (Å²) in [6.45, 7) is 1.85. The van der Waals surface area contributed by atoms with Crippen molar-refractivity contribution in [1.29, 1.82) is 0 Å². The van der Waals surface area contributed by atoms with Gasteiger partial charge in [-0.25, -0.2) is 0 Å². The lowest BCUT2D eigenvalue weighted by atomic mass is 10.0. The molecule has 0 aromatic carbocycles. The lowest BCUT2D eigenvalue weighted by molar-refractivity contribution is -0.119. The van der Waals surface area contributed by atoms with Crippen LogP contribution in [0.25, 0.3) is 0 Å². The van der Waals surface area contributed by atoms with Crippen LogP contribution in [0.1, 0.15) is 13.3 Å². The Morgan fingerprint density at radius 2 is 2.23 bits per heavy atom. The molecule has 0 rings (SSSR count). The van der Waals surface area contributed by atoms with E-state index in [4.69, 9.17) is 10.8 Å². The Bertz CT molecular complexity index is 182. The van der Waals surface area contributed by atoms with E-state index in [1.807, 2.05) is 0 Å². The van der Waals surface area contributed by atoms with Crippen LogP contribution in [0.15, 0.2) is 0 Å². The Kier molecular flexibility index (Phi) is 5.88. The van der Waals surface area contributed by atoms with Crippen molar-refractivity contribution in [2.45, 2.75) is 13.3 Å². The average Bonchev–Trinajstić information content (AvgIpc) is 1.98. The molecule has 5 nitrogen and oxygen atoms in total. The Morgan fingerprint density at radius 3 is 2.69 bits per heavy atom. The van der Waals surface area contributed by atoms with Gasteiger partial charge in [0.15, 0.2) is 0 Å². The molecule has 0 aliphatic rings. The third-order valence-electron chi connectivity index (χ3n) is 1.37. The Hall–Kier alpha value is -1.10. The van der Waals surface area contributed by atoms with E-state index in [9.17, 15) is 9.59 Å². The summed E-state index contributed by atoms with van der Waals surface area (Å²) in [5.41, 5.74) is 4.94. The van der Waals surface area contributed by atoms with E-state index in [1.165, 1.54) is 6.42 Å². The summed E-state index contributed by atoms with van der Waals surface area (Å²) in [6.07, 6.45) is 1.53. The number of nitrogens with two attached hydrogens (primary N) is 1. The Labute approximate surface area is 77.3 Å². The van der Waals surface area contributed by atoms with Crippen molar-refractivity contribution in [3.8, 4) is 0 Å². The van der Waals surface area contributed by atoms with Crippen molar-refractivity contribution >= 4 is 11.8 Å². The van der Waals surface area contributed by atoms with Crippen LogP contribution in [-0.2, 0) is 9.59 Å². The molecule has 0 aliphatic heterocycles. The second-order valence-electron chi connectivity index (χ2n) is 2.83. The van der Waals surface area contributed by atoms with E-state index in [1.54, 1.807) is 6.92 Å². The molecule has 5 heteroatoms. The van der Waals surface area contributed by atoms with Crippen LogP contribution >= 0.6 is 0 Å². The van der Waals surface area contributed by atoms with E-state index in [0.29, 0.717) is 0 Å². The maximum Gasteiger partial charge on any atom is 0.224 e. The first-order valence-corrected chi connectivity index (χ1v) is 4.08. The molecule has 13 heavy (non-hydrogen) atoms. The zero-order valence-electron chi connectivity index (χ0n) is 7.62. The minimum Gasteiger partial charge on any atom is -0.395 e. The predicted octanol–water partition coefficient (Wildman–Crippen LogP) is -1.19. The minimum absolute atomic E-state index is 0.0935. The zero-order valence-corrected chi connectivity index (χ0v) is 7.62. The molecule has 0 saturated heterocycles. The highest BCUT2D eigenvalue weighted by Crippen LogP contribution is 2.04. The molecule has 2 amide bonds. The summed E-state index contributed by atoms with van der Waals surface area (Å²) in [5.74, 6) is -0.891. The maximum absolute atomic E-state index is 11.0. The van der Waals surface area contributed by atoms with Crippen molar-refractivity contribution in [2.24, 2.45) is 11.7 Å². The van der Waals surface area contributed by atoms with Crippen LogP contribution in [0, 0.1) is 12.3 Å². The largest absolute Gasteiger partial charge is 0.395 e. The molecular weight excluding hydrogens is 172 g/mol. The lowest BCUT2D eigenvalue weighted by Gasteiger charge is -2.07. The number of carbonyl (C=O) groups excluding carboxylic acids is 2. The van der Waals surface area contributed by atoms with Crippen LogP contribution < -0.4 is 11.1 Å². The number of aliphatic hydroxyl groups excluding tert-OH is 1. The van der Waals surface area contributed by atoms with E-state index in [0.717, 1.165) is 0 Å². The Morgan fingerprint density at radius 1 is 1.62 bits per heavy atom. The second-order valence-corrected chi connectivity index (χ2v) is 2.83. The molecule has 0 fully saturated rings. The van der Waals surface area contributed by atoms with Gasteiger partial charge in [0.1, 0.15) is 0 Å². The normalized spacial score (nSPS) is 12.2. The van der Waals surface area contributed by atoms with Crippen molar-refractivity contribution in [3.05, 3.63) is 6.42 Å². The monoisotopic (exact) mass is 187 g/mol. The first-order valence-electron chi connectivity index (χ1n) is 4.08. The number of rotatable bonds is 6. The van der Waals surface area contributed by atoms with Crippen molar-refractivity contribution in [2.75, 3.05) is 13.2 Å². The molecule has 0 aromatic heterocycles. The number of hydrogen-bond acceptors (Lipinski definition) is 3.